The Morgan fingerprint density at radius 2 is 1.78 bits per heavy atom. The number of carbonyl (C=O) groups is 1. The van der Waals surface area contributed by atoms with Gasteiger partial charge < -0.3 is 14.7 Å². The van der Waals surface area contributed by atoms with Gasteiger partial charge in [0.15, 0.2) is 0 Å². The summed E-state index contributed by atoms with van der Waals surface area (Å²) >= 11 is 12.7. The third-order valence-corrected chi connectivity index (χ3v) is 5.38. The van der Waals surface area contributed by atoms with Gasteiger partial charge in [-0.25, -0.2) is 4.79 Å². The van der Waals surface area contributed by atoms with Crippen LogP contribution in [0.3, 0.4) is 0 Å². The molecule has 0 aliphatic carbocycles. The SMILES string of the molecule is CCOC(=O)c1cc2[nH]c3ccccc3c2c2c1[nH]c1c(Cl)cc(Cl)cc12. The Balaban J connectivity index is 2.07. The van der Waals surface area contributed by atoms with Gasteiger partial charge in [-0.15, -0.1) is 0 Å². The number of hydrogen-bond donors (Lipinski definition) is 2. The second-order valence-corrected chi connectivity index (χ2v) is 7.27. The summed E-state index contributed by atoms with van der Waals surface area (Å²) in [5, 5.41) is 4.94. The van der Waals surface area contributed by atoms with E-state index in [1.807, 2.05) is 30.3 Å². The fourth-order valence-corrected chi connectivity index (χ4v) is 4.35. The first-order chi connectivity index (χ1) is 13.1. The van der Waals surface area contributed by atoms with Gasteiger partial charge in [-0.3, -0.25) is 0 Å². The van der Waals surface area contributed by atoms with Crippen LogP contribution >= 0.6 is 23.2 Å². The van der Waals surface area contributed by atoms with Crippen LogP contribution in [0, 0.1) is 0 Å². The minimum absolute atomic E-state index is 0.303. The average Bonchev–Trinajstić information content (AvgIpc) is 3.19. The second-order valence-electron chi connectivity index (χ2n) is 6.42. The normalized spacial score (nSPS) is 11.8. The highest BCUT2D eigenvalue weighted by atomic mass is 35.5. The number of nitrogens with one attached hydrogen (secondary N) is 2. The van der Waals surface area contributed by atoms with Gasteiger partial charge in [0.1, 0.15) is 0 Å². The fraction of sp³-hybridized carbons (Fsp3) is 0.0952. The molecule has 2 N–H and O–H groups in total. The van der Waals surface area contributed by atoms with Crippen LogP contribution in [0.25, 0.3) is 43.6 Å². The van der Waals surface area contributed by atoms with E-state index in [1.165, 1.54) is 0 Å². The molecule has 6 heteroatoms. The number of halogens is 2. The molecule has 0 aliphatic heterocycles. The van der Waals surface area contributed by atoms with Crippen LogP contribution in [-0.2, 0) is 4.74 Å². The molecule has 0 unspecified atom stereocenters. The van der Waals surface area contributed by atoms with Crippen molar-refractivity contribution in [2.45, 2.75) is 6.92 Å². The van der Waals surface area contributed by atoms with Gasteiger partial charge >= 0.3 is 5.97 Å². The molecule has 0 saturated carbocycles. The standard InChI is InChI=1S/C21H14Cl2N2O2/c1-2-27-21(26)13-9-16-17(11-5-3-4-6-15(11)24-16)18-12-7-10(22)8-14(23)19(12)25-20(13)18/h3-9,24-25H,2H2,1H3. The molecule has 2 aromatic heterocycles. The van der Waals surface area contributed by atoms with E-state index < -0.39 is 0 Å². The molecule has 0 saturated heterocycles. The third kappa shape index (κ3) is 2.34. The molecule has 0 bridgehead atoms. The van der Waals surface area contributed by atoms with Crippen LogP contribution in [-0.4, -0.2) is 22.5 Å². The summed E-state index contributed by atoms with van der Waals surface area (Å²) in [6.07, 6.45) is 0. The Hall–Kier alpha value is -2.69. The van der Waals surface area contributed by atoms with Gasteiger partial charge in [0.2, 0.25) is 0 Å². The van der Waals surface area contributed by atoms with Crippen molar-refractivity contribution < 1.29 is 9.53 Å². The molecule has 2 heterocycles. The number of fused-ring (bicyclic) bond motifs is 7. The van der Waals surface area contributed by atoms with Crippen LogP contribution in [0.5, 0.6) is 0 Å². The lowest BCUT2D eigenvalue weighted by Crippen LogP contribution is -2.05. The molecule has 134 valence electrons. The molecule has 0 radical (unpaired) electrons. The lowest BCUT2D eigenvalue weighted by molar-refractivity contribution is 0.0528. The fourth-order valence-electron chi connectivity index (χ4n) is 3.81. The second kappa shape index (κ2) is 5.91. The Morgan fingerprint density at radius 1 is 0.963 bits per heavy atom. The number of aromatic nitrogens is 2. The van der Waals surface area contributed by atoms with Crippen molar-refractivity contribution in [1.82, 2.24) is 9.97 Å². The smallest absolute Gasteiger partial charge is 0.340 e. The summed E-state index contributed by atoms with van der Waals surface area (Å²) in [5.74, 6) is -0.378. The zero-order chi connectivity index (χ0) is 18.7. The summed E-state index contributed by atoms with van der Waals surface area (Å²) in [6.45, 7) is 2.09. The number of benzene rings is 3. The third-order valence-electron chi connectivity index (χ3n) is 4.86. The van der Waals surface area contributed by atoms with Gasteiger partial charge in [-0.05, 0) is 31.2 Å². The number of rotatable bonds is 2. The van der Waals surface area contributed by atoms with Gasteiger partial charge in [0.25, 0.3) is 0 Å². The molecule has 27 heavy (non-hydrogen) atoms. The zero-order valence-electron chi connectivity index (χ0n) is 14.3. The molecule has 4 nitrogen and oxygen atoms in total. The Morgan fingerprint density at radius 3 is 2.59 bits per heavy atom. The molecule has 3 aromatic carbocycles. The average molecular weight is 397 g/mol. The highest BCUT2D eigenvalue weighted by Crippen LogP contribution is 2.41. The monoisotopic (exact) mass is 396 g/mol. The largest absolute Gasteiger partial charge is 0.462 e. The lowest BCUT2D eigenvalue weighted by Gasteiger charge is -2.05. The summed E-state index contributed by atoms with van der Waals surface area (Å²) in [6, 6.07) is 13.4. The quantitative estimate of drug-likeness (QED) is 0.337. The van der Waals surface area contributed by atoms with Gasteiger partial charge in [-0.1, -0.05) is 41.4 Å². The zero-order valence-corrected chi connectivity index (χ0v) is 15.8. The van der Waals surface area contributed by atoms with Crippen molar-refractivity contribution in [1.29, 1.82) is 0 Å². The van der Waals surface area contributed by atoms with Gasteiger partial charge in [0.05, 0.1) is 28.2 Å². The molecular formula is C21H14Cl2N2O2. The molecular weight excluding hydrogens is 383 g/mol. The highest BCUT2D eigenvalue weighted by Gasteiger charge is 2.21. The maximum atomic E-state index is 12.6. The first kappa shape index (κ1) is 16.5. The number of hydrogen-bond acceptors (Lipinski definition) is 2. The van der Waals surface area contributed by atoms with Crippen molar-refractivity contribution in [3.8, 4) is 0 Å². The Kier molecular flexibility index (Phi) is 3.61. The van der Waals surface area contributed by atoms with Crippen molar-refractivity contribution >= 4 is 72.8 Å². The maximum absolute atomic E-state index is 12.6. The molecule has 0 aliphatic rings. The predicted molar refractivity (Wildman–Crippen MR) is 111 cm³/mol. The number of carbonyl (C=O) groups excluding carboxylic acids is 1. The minimum atomic E-state index is -0.378. The van der Waals surface area contributed by atoms with Crippen molar-refractivity contribution in [3.63, 3.8) is 0 Å². The number of aromatic amines is 2. The molecule has 5 rings (SSSR count). The van der Waals surface area contributed by atoms with Crippen LogP contribution in [0.15, 0.2) is 42.5 Å². The molecule has 0 spiro atoms. The van der Waals surface area contributed by atoms with Gasteiger partial charge in [0, 0.05) is 37.6 Å². The number of ether oxygens (including phenoxy) is 1. The van der Waals surface area contributed by atoms with E-state index in [0.29, 0.717) is 27.7 Å². The molecule has 0 amide bonds. The summed E-state index contributed by atoms with van der Waals surface area (Å²) in [4.78, 5) is 19.4. The number of H-pyrrole nitrogens is 2. The minimum Gasteiger partial charge on any atom is -0.462 e. The van der Waals surface area contributed by atoms with Gasteiger partial charge in [-0.2, -0.15) is 0 Å². The summed E-state index contributed by atoms with van der Waals surface area (Å²) < 4.78 is 5.28. The van der Waals surface area contributed by atoms with Crippen LogP contribution < -0.4 is 0 Å². The summed E-state index contributed by atoms with van der Waals surface area (Å²) in [7, 11) is 0. The lowest BCUT2D eigenvalue weighted by atomic mass is 10.0. The Labute approximate surface area is 164 Å². The van der Waals surface area contributed by atoms with Crippen molar-refractivity contribution in [2.75, 3.05) is 6.61 Å². The molecule has 5 aromatic rings. The number of esters is 1. The maximum Gasteiger partial charge on any atom is 0.340 e. The summed E-state index contributed by atoms with van der Waals surface area (Å²) in [5.41, 5.74) is 3.78. The predicted octanol–water partition coefficient (Wildman–Crippen LogP) is 6.44. The van der Waals surface area contributed by atoms with Crippen LogP contribution in [0.2, 0.25) is 10.0 Å². The van der Waals surface area contributed by atoms with Crippen molar-refractivity contribution in [3.05, 3.63) is 58.1 Å². The topological polar surface area (TPSA) is 57.9 Å². The van der Waals surface area contributed by atoms with E-state index in [4.69, 9.17) is 27.9 Å². The Bertz CT molecular complexity index is 1380. The van der Waals surface area contributed by atoms with Crippen LogP contribution in [0.1, 0.15) is 17.3 Å². The van der Waals surface area contributed by atoms with E-state index in [2.05, 4.69) is 16.0 Å². The van der Waals surface area contributed by atoms with E-state index in [0.717, 1.165) is 38.1 Å². The van der Waals surface area contributed by atoms with E-state index >= 15 is 0 Å². The first-order valence-electron chi connectivity index (χ1n) is 8.59. The first-order valence-corrected chi connectivity index (χ1v) is 9.35. The van der Waals surface area contributed by atoms with E-state index in [1.54, 1.807) is 13.0 Å². The van der Waals surface area contributed by atoms with Crippen molar-refractivity contribution in [2.24, 2.45) is 0 Å². The highest BCUT2D eigenvalue weighted by molar-refractivity contribution is 6.41. The van der Waals surface area contributed by atoms with E-state index in [9.17, 15) is 4.79 Å². The molecule has 0 fully saturated rings. The molecule has 0 atom stereocenters. The van der Waals surface area contributed by atoms with E-state index in [-0.39, 0.29) is 5.97 Å². The van der Waals surface area contributed by atoms with Crippen LogP contribution in [0.4, 0.5) is 0 Å². The number of para-hydroxylation sites is 1.